The molecule has 1 N–H and O–H groups in total. The fraction of sp³-hybridized carbons (Fsp3) is 0.941. The molecular formula is C17H31N3O. The van der Waals surface area contributed by atoms with Crippen LogP contribution in [-0.4, -0.2) is 60.5 Å². The van der Waals surface area contributed by atoms with Gasteiger partial charge in [0.1, 0.15) is 0 Å². The van der Waals surface area contributed by atoms with E-state index < -0.39 is 0 Å². The Bertz CT molecular complexity index is 356. The summed E-state index contributed by atoms with van der Waals surface area (Å²) in [6, 6.07) is 1.25. The Kier molecular flexibility index (Phi) is 5.17. The predicted molar refractivity (Wildman–Crippen MR) is 85.2 cm³/mol. The minimum Gasteiger partial charge on any atom is -0.352 e. The maximum atomic E-state index is 11.9. The quantitative estimate of drug-likeness (QED) is 0.840. The molecule has 0 aromatic carbocycles. The minimum atomic E-state index is 0.240. The molecule has 0 spiro atoms. The summed E-state index contributed by atoms with van der Waals surface area (Å²) in [6.45, 7) is 7.72. The summed E-state index contributed by atoms with van der Waals surface area (Å²) in [7, 11) is 0. The van der Waals surface area contributed by atoms with Crippen LogP contribution in [0.2, 0.25) is 0 Å². The fourth-order valence-electron chi connectivity index (χ4n) is 3.91. The van der Waals surface area contributed by atoms with E-state index in [1.807, 2.05) is 0 Å². The van der Waals surface area contributed by atoms with Crippen molar-refractivity contribution in [2.45, 2.75) is 64.0 Å². The van der Waals surface area contributed by atoms with E-state index in [1.54, 1.807) is 0 Å². The smallest absolute Gasteiger partial charge is 0.234 e. The van der Waals surface area contributed by atoms with Gasteiger partial charge in [0.05, 0.1) is 6.54 Å². The number of nitrogens with zero attached hydrogens (tertiary/aromatic N) is 2. The first-order chi connectivity index (χ1) is 10.2. The molecule has 2 heterocycles. The molecule has 120 valence electrons. The average Bonchev–Trinajstić information content (AvgIpc) is 3.25. The van der Waals surface area contributed by atoms with Gasteiger partial charge in [0.25, 0.3) is 0 Å². The lowest BCUT2D eigenvalue weighted by atomic mass is 9.95. The molecule has 2 aliphatic heterocycles. The summed E-state index contributed by atoms with van der Waals surface area (Å²) in [6.07, 6.45) is 9.08. The van der Waals surface area contributed by atoms with Gasteiger partial charge in [-0.1, -0.05) is 6.42 Å². The van der Waals surface area contributed by atoms with Crippen LogP contribution < -0.4 is 5.32 Å². The standard InChI is InChI=1S/C17H31N3O/c1-14-5-2-3-10-20(14)12-15-6-4-9-19(11-15)13-17(21)18-16-7-8-16/h14-16H,2-13H2,1H3,(H,18,21). The SMILES string of the molecule is CC1CCCCN1CC1CCCN(CC(=O)NC2CC2)C1. The molecule has 1 amide bonds. The molecule has 2 saturated heterocycles. The van der Waals surface area contributed by atoms with Gasteiger partial charge < -0.3 is 10.2 Å². The lowest BCUT2D eigenvalue weighted by Gasteiger charge is -2.39. The summed E-state index contributed by atoms with van der Waals surface area (Å²) in [5, 5.41) is 3.11. The van der Waals surface area contributed by atoms with Crippen LogP contribution in [0.15, 0.2) is 0 Å². The van der Waals surface area contributed by atoms with Gasteiger partial charge >= 0.3 is 0 Å². The van der Waals surface area contributed by atoms with Crippen LogP contribution in [0.4, 0.5) is 0 Å². The largest absolute Gasteiger partial charge is 0.352 e. The highest BCUT2D eigenvalue weighted by Crippen LogP contribution is 2.23. The normalized spacial score (nSPS) is 32.0. The van der Waals surface area contributed by atoms with Crippen LogP contribution in [0.5, 0.6) is 0 Å². The second-order valence-electron chi connectivity index (χ2n) is 7.42. The van der Waals surface area contributed by atoms with Crippen molar-refractivity contribution in [1.29, 1.82) is 0 Å². The average molecular weight is 293 g/mol. The zero-order valence-corrected chi connectivity index (χ0v) is 13.5. The molecule has 3 aliphatic rings. The molecule has 0 aromatic rings. The molecule has 1 aliphatic carbocycles. The molecule has 2 atom stereocenters. The maximum Gasteiger partial charge on any atom is 0.234 e. The molecule has 3 fully saturated rings. The molecule has 0 radical (unpaired) electrons. The third-order valence-corrected chi connectivity index (χ3v) is 5.35. The molecule has 4 nitrogen and oxygen atoms in total. The van der Waals surface area contributed by atoms with Crippen LogP contribution in [-0.2, 0) is 4.79 Å². The van der Waals surface area contributed by atoms with Crippen molar-refractivity contribution >= 4 is 5.91 Å². The third-order valence-electron chi connectivity index (χ3n) is 5.35. The Hall–Kier alpha value is -0.610. The van der Waals surface area contributed by atoms with Crippen molar-refractivity contribution in [2.24, 2.45) is 5.92 Å². The zero-order valence-electron chi connectivity index (χ0n) is 13.5. The Balaban J connectivity index is 1.42. The highest BCUT2D eigenvalue weighted by Gasteiger charge is 2.28. The van der Waals surface area contributed by atoms with E-state index >= 15 is 0 Å². The number of hydrogen-bond acceptors (Lipinski definition) is 3. The van der Waals surface area contributed by atoms with Crippen LogP contribution in [0, 0.1) is 5.92 Å². The van der Waals surface area contributed by atoms with Gasteiger partial charge in [0, 0.05) is 25.2 Å². The highest BCUT2D eigenvalue weighted by atomic mass is 16.2. The molecule has 2 unspecified atom stereocenters. The summed E-state index contributed by atoms with van der Waals surface area (Å²) in [5.41, 5.74) is 0. The van der Waals surface area contributed by atoms with Gasteiger partial charge in [-0.3, -0.25) is 9.69 Å². The van der Waals surface area contributed by atoms with E-state index in [9.17, 15) is 4.79 Å². The molecule has 21 heavy (non-hydrogen) atoms. The van der Waals surface area contributed by atoms with Crippen molar-refractivity contribution < 1.29 is 4.79 Å². The number of piperidine rings is 2. The van der Waals surface area contributed by atoms with E-state index in [0.717, 1.165) is 25.0 Å². The number of hydrogen-bond donors (Lipinski definition) is 1. The molecule has 0 bridgehead atoms. The summed E-state index contributed by atoms with van der Waals surface area (Å²) < 4.78 is 0. The molecule has 3 rings (SSSR count). The predicted octanol–water partition coefficient (Wildman–Crippen LogP) is 1.85. The van der Waals surface area contributed by atoms with Crippen LogP contribution in [0.3, 0.4) is 0 Å². The van der Waals surface area contributed by atoms with Gasteiger partial charge in [-0.2, -0.15) is 0 Å². The van der Waals surface area contributed by atoms with Crippen LogP contribution in [0.1, 0.15) is 51.9 Å². The molecule has 1 saturated carbocycles. The van der Waals surface area contributed by atoms with Crippen molar-refractivity contribution in [2.75, 3.05) is 32.7 Å². The number of amides is 1. The monoisotopic (exact) mass is 293 g/mol. The second-order valence-corrected chi connectivity index (χ2v) is 7.42. The van der Waals surface area contributed by atoms with E-state index in [2.05, 4.69) is 22.0 Å². The summed E-state index contributed by atoms with van der Waals surface area (Å²) >= 11 is 0. The number of likely N-dealkylation sites (tertiary alicyclic amines) is 2. The first kappa shape index (κ1) is 15.3. The van der Waals surface area contributed by atoms with Crippen LogP contribution >= 0.6 is 0 Å². The van der Waals surface area contributed by atoms with Gasteiger partial charge in [-0.05, 0) is 64.5 Å². The third kappa shape index (κ3) is 4.68. The van der Waals surface area contributed by atoms with Crippen molar-refractivity contribution in [3.05, 3.63) is 0 Å². The topological polar surface area (TPSA) is 35.6 Å². The van der Waals surface area contributed by atoms with E-state index in [0.29, 0.717) is 12.6 Å². The first-order valence-electron chi connectivity index (χ1n) is 8.96. The molecular weight excluding hydrogens is 262 g/mol. The summed E-state index contributed by atoms with van der Waals surface area (Å²) in [5.74, 6) is 0.998. The van der Waals surface area contributed by atoms with E-state index in [1.165, 1.54) is 58.0 Å². The van der Waals surface area contributed by atoms with E-state index in [-0.39, 0.29) is 5.91 Å². The first-order valence-corrected chi connectivity index (χ1v) is 8.96. The number of nitrogens with one attached hydrogen (secondary N) is 1. The Labute approximate surface area is 129 Å². The van der Waals surface area contributed by atoms with Crippen molar-refractivity contribution in [1.82, 2.24) is 15.1 Å². The Morgan fingerprint density at radius 1 is 1.10 bits per heavy atom. The van der Waals surface area contributed by atoms with Gasteiger partial charge in [-0.25, -0.2) is 0 Å². The zero-order chi connectivity index (χ0) is 14.7. The van der Waals surface area contributed by atoms with E-state index in [4.69, 9.17) is 0 Å². The Morgan fingerprint density at radius 2 is 1.95 bits per heavy atom. The Morgan fingerprint density at radius 3 is 2.71 bits per heavy atom. The van der Waals surface area contributed by atoms with Crippen molar-refractivity contribution in [3.8, 4) is 0 Å². The fourth-order valence-corrected chi connectivity index (χ4v) is 3.91. The summed E-state index contributed by atoms with van der Waals surface area (Å²) in [4.78, 5) is 17.0. The molecule has 4 heteroatoms. The maximum absolute atomic E-state index is 11.9. The van der Waals surface area contributed by atoms with Crippen molar-refractivity contribution in [3.63, 3.8) is 0 Å². The van der Waals surface area contributed by atoms with Gasteiger partial charge in [0.2, 0.25) is 5.91 Å². The number of rotatable bonds is 5. The lowest BCUT2D eigenvalue weighted by Crippen LogP contribution is -2.47. The van der Waals surface area contributed by atoms with Gasteiger partial charge in [0.15, 0.2) is 0 Å². The number of carbonyl (C=O) groups excluding carboxylic acids is 1. The highest BCUT2D eigenvalue weighted by molar-refractivity contribution is 5.78. The molecule has 0 aromatic heterocycles. The van der Waals surface area contributed by atoms with Gasteiger partial charge in [-0.15, -0.1) is 0 Å². The minimum absolute atomic E-state index is 0.240. The number of carbonyl (C=O) groups is 1. The van der Waals surface area contributed by atoms with Crippen LogP contribution in [0.25, 0.3) is 0 Å². The lowest BCUT2D eigenvalue weighted by molar-refractivity contribution is -0.122. The second kappa shape index (κ2) is 7.10.